The molecule has 1 unspecified atom stereocenters. The molecule has 0 spiro atoms. The van der Waals surface area contributed by atoms with E-state index in [1.54, 1.807) is 0 Å². The highest BCUT2D eigenvalue weighted by atomic mass is 16.6. The van der Waals surface area contributed by atoms with Crippen LogP contribution < -0.4 is 0 Å². The first kappa shape index (κ1) is 74.6. The smallest absolute Gasteiger partial charge is 0.306 e. The summed E-state index contributed by atoms with van der Waals surface area (Å²) >= 11 is 0. The first-order chi connectivity index (χ1) is 38.0. The number of esters is 3. The van der Waals surface area contributed by atoms with Crippen molar-refractivity contribution in [2.45, 2.75) is 386 Å². The summed E-state index contributed by atoms with van der Waals surface area (Å²) in [7, 11) is 0. The van der Waals surface area contributed by atoms with Gasteiger partial charge in [0, 0.05) is 19.3 Å². The zero-order valence-corrected chi connectivity index (χ0v) is 52.0. The topological polar surface area (TPSA) is 78.9 Å². The molecular formula is C71H132O6. The van der Waals surface area contributed by atoms with Gasteiger partial charge in [0.05, 0.1) is 0 Å². The lowest BCUT2D eigenvalue weighted by atomic mass is 10.0. The number of rotatable bonds is 64. The Morgan fingerprint density at radius 2 is 0.468 bits per heavy atom. The van der Waals surface area contributed by atoms with E-state index in [4.69, 9.17) is 14.2 Å². The zero-order chi connectivity index (χ0) is 55.7. The Bertz CT molecular complexity index is 1290. The van der Waals surface area contributed by atoms with Crippen LogP contribution in [0.25, 0.3) is 0 Å². The molecule has 0 aliphatic carbocycles. The SMILES string of the molecule is CCCCC/C=C\C/C=C\C/C=C\CCCCCCCCC(=O)OC(COC(=O)CCCCCCCCCCCCCCCC)COC(=O)CCCCCCCCCCCCCCCCCCCCCCCCCCCC. The van der Waals surface area contributed by atoms with Crippen molar-refractivity contribution in [3.05, 3.63) is 36.5 Å². The highest BCUT2D eigenvalue weighted by Crippen LogP contribution is 2.18. The first-order valence-electron chi connectivity index (χ1n) is 34.5. The summed E-state index contributed by atoms with van der Waals surface area (Å²) in [6, 6.07) is 0. The van der Waals surface area contributed by atoms with E-state index >= 15 is 0 Å². The van der Waals surface area contributed by atoms with E-state index < -0.39 is 6.10 Å². The van der Waals surface area contributed by atoms with Crippen LogP contribution in [0, 0.1) is 0 Å². The van der Waals surface area contributed by atoms with Crippen LogP contribution in [0.2, 0.25) is 0 Å². The molecule has 0 fully saturated rings. The van der Waals surface area contributed by atoms with E-state index in [0.717, 1.165) is 77.0 Å². The average molecular weight is 1080 g/mol. The van der Waals surface area contributed by atoms with Gasteiger partial charge in [0.2, 0.25) is 0 Å². The Labute approximate surface area is 480 Å². The van der Waals surface area contributed by atoms with E-state index in [9.17, 15) is 14.4 Å². The van der Waals surface area contributed by atoms with Gasteiger partial charge in [-0.05, 0) is 57.8 Å². The molecule has 0 N–H and O–H groups in total. The molecule has 0 aliphatic rings. The number of allylic oxidation sites excluding steroid dienone is 6. The van der Waals surface area contributed by atoms with Crippen LogP contribution >= 0.6 is 0 Å². The van der Waals surface area contributed by atoms with E-state index in [1.807, 2.05) is 0 Å². The molecule has 77 heavy (non-hydrogen) atoms. The van der Waals surface area contributed by atoms with E-state index in [-0.39, 0.29) is 31.1 Å². The van der Waals surface area contributed by atoms with Gasteiger partial charge in [0.1, 0.15) is 13.2 Å². The van der Waals surface area contributed by atoms with Gasteiger partial charge in [-0.25, -0.2) is 0 Å². The van der Waals surface area contributed by atoms with Gasteiger partial charge in [-0.1, -0.05) is 340 Å². The fourth-order valence-electron chi connectivity index (χ4n) is 10.5. The van der Waals surface area contributed by atoms with Crippen LogP contribution in [0.15, 0.2) is 36.5 Å². The maximum Gasteiger partial charge on any atom is 0.306 e. The molecule has 0 heterocycles. The van der Waals surface area contributed by atoms with Crippen molar-refractivity contribution >= 4 is 17.9 Å². The second kappa shape index (κ2) is 66.1. The summed E-state index contributed by atoms with van der Waals surface area (Å²) in [4.78, 5) is 38.4. The molecule has 452 valence electrons. The highest BCUT2D eigenvalue weighted by molar-refractivity contribution is 5.71. The fraction of sp³-hybridized carbons (Fsp3) is 0.873. The molecule has 0 aromatic carbocycles. The Morgan fingerprint density at radius 3 is 0.753 bits per heavy atom. The van der Waals surface area contributed by atoms with E-state index in [0.29, 0.717) is 19.3 Å². The maximum atomic E-state index is 12.9. The third kappa shape index (κ3) is 64.3. The minimum Gasteiger partial charge on any atom is -0.462 e. The number of hydrogen-bond acceptors (Lipinski definition) is 6. The van der Waals surface area contributed by atoms with Crippen LogP contribution in [0.3, 0.4) is 0 Å². The lowest BCUT2D eigenvalue weighted by Gasteiger charge is -2.18. The van der Waals surface area contributed by atoms with Crippen molar-refractivity contribution in [2.24, 2.45) is 0 Å². The van der Waals surface area contributed by atoms with Gasteiger partial charge in [0.25, 0.3) is 0 Å². The summed E-state index contributed by atoms with van der Waals surface area (Å²) in [6.45, 7) is 6.67. The third-order valence-electron chi connectivity index (χ3n) is 15.6. The lowest BCUT2D eigenvalue weighted by Crippen LogP contribution is -2.30. The van der Waals surface area contributed by atoms with Crippen molar-refractivity contribution in [3.8, 4) is 0 Å². The standard InChI is InChI=1S/C71H132O6/c1-4-7-10-13-16-19-22-25-28-30-32-33-34-35-36-37-38-40-41-43-46-49-52-55-58-61-64-70(73)76-67-68(66-75-69(72)63-60-57-54-51-48-45-27-24-21-18-15-12-9-6-3)77-71(74)65-62-59-56-53-50-47-44-42-39-31-29-26-23-20-17-14-11-8-5-2/h17,20,26,29,39,42,68H,4-16,18-19,21-25,27-28,30-38,40-41,43-67H2,1-3H3/b20-17-,29-26-,42-39-. The van der Waals surface area contributed by atoms with E-state index in [2.05, 4.69) is 57.2 Å². The van der Waals surface area contributed by atoms with Crippen molar-refractivity contribution in [2.75, 3.05) is 13.2 Å². The Kier molecular flexibility index (Phi) is 64.1. The Balaban J connectivity index is 4.25. The van der Waals surface area contributed by atoms with Crippen molar-refractivity contribution in [1.82, 2.24) is 0 Å². The number of hydrogen-bond donors (Lipinski definition) is 0. The number of carbonyl (C=O) groups excluding carboxylic acids is 3. The quantitative estimate of drug-likeness (QED) is 0.0261. The molecule has 6 heteroatoms. The Hall–Kier alpha value is -2.37. The molecular weight excluding hydrogens is 949 g/mol. The second-order valence-corrected chi connectivity index (χ2v) is 23.5. The predicted molar refractivity (Wildman–Crippen MR) is 335 cm³/mol. The fourth-order valence-corrected chi connectivity index (χ4v) is 10.5. The third-order valence-corrected chi connectivity index (χ3v) is 15.6. The molecule has 0 aromatic rings. The van der Waals surface area contributed by atoms with Gasteiger partial charge < -0.3 is 14.2 Å². The maximum absolute atomic E-state index is 12.9. The summed E-state index contributed by atoms with van der Waals surface area (Å²) in [5, 5.41) is 0. The monoisotopic (exact) mass is 1080 g/mol. The molecule has 1 atom stereocenters. The van der Waals surface area contributed by atoms with Crippen molar-refractivity contribution in [3.63, 3.8) is 0 Å². The van der Waals surface area contributed by atoms with Crippen LogP contribution in [0.4, 0.5) is 0 Å². The molecule has 0 rings (SSSR count). The van der Waals surface area contributed by atoms with Crippen molar-refractivity contribution < 1.29 is 28.6 Å². The molecule has 0 radical (unpaired) electrons. The molecule has 0 amide bonds. The minimum atomic E-state index is -0.777. The van der Waals surface area contributed by atoms with Crippen LogP contribution in [-0.4, -0.2) is 37.2 Å². The highest BCUT2D eigenvalue weighted by Gasteiger charge is 2.19. The van der Waals surface area contributed by atoms with Crippen LogP contribution in [0.1, 0.15) is 380 Å². The van der Waals surface area contributed by atoms with Gasteiger partial charge in [-0.2, -0.15) is 0 Å². The Morgan fingerprint density at radius 1 is 0.260 bits per heavy atom. The van der Waals surface area contributed by atoms with Gasteiger partial charge in [-0.15, -0.1) is 0 Å². The number of ether oxygens (including phenoxy) is 3. The van der Waals surface area contributed by atoms with Crippen LogP contribution in [0.5, 0.6) is 0 Å². The molecule has 0 bridgehead atoms. The largest absolute Gasteiger partial charge is 0.462 e. The van der Waals surface area contributed by atoms with Gasteiger partial charge >= 0.3 is 17.9 Å². The number of carbonyl (C=O) groups is 3. The average Bonchev–Trinajstić information content (AvgIpc) is 3.43. The molecule has 0 aromatic heterocycles. The second-order valence-electron chi connectivity index (χ2n) is 23.5. The molecule has 0 aliphatic heterocycles. The van der Waals surface area contributed by atoms with Crippen molar-refractivity contribution in [1.29, 1.82) is 0 Å². The zero-order valence-electron chi connectivity index (χ0n) is 52.0. The molecule has 0 saturated carbocycles. The summed E-state index contributed by atoms with van der Waals surface area (Å²) in [5.74, 6) is -0.856. The summed E-state index contributed by atoms with van der Waals surface area (Å²) in [5.41, 5.74) is 0. The summed E-state index contributed by atoms with van der Waals surface area (Å²) < 4.78 is 17.0. The van der Waals surface area contributed by atoms with Gasteiger partial charge in [-0.3, -0.25) is 14.4 Å². The predicted octanol–water partition coefficient (Wildman–Crippen LogP) is 23.6. The van der Waals surface area contributed by atoms with E-state index in [1.165, 1.54) is 263 Å². The molecule has 6 nitrogen and oxygen atoms in total. The molecule has 0 saturated heterocycles. The van der Waals surface area contributed by atoms with Crippen LogP contribution in [-0.2, 0) is 28.6 Å². The normalized spacial score (nSPS) is 12.2. The van der Waals surface area contributed by atoms with Gasteiger partial charge in [0.15, 0.2) is 6.10 Å². The summed E-state index contributed by atoms with van der Waals surface area (Å²) in [6.07, 6.45) is 81.7. The minimum absolute atomic E-state index is 0.0720. The lowest BCUT2D eigenvalue weighted by molar-refractivity contribution is -0.167. The first-order valence-corrected chi connectivity index (χ1v) is 34.5. The number of unbranched alkanes of at least 4 members (excludes halogenated alkanes) is 47.